The second kappa shape index (κ2) is 10.1. The molecule has 1 unspecified atom stereocenters. The zero-order valence-corrected chi connectivity index (χ0v) is 21.7. The maximum Gasteiger partial charge on any atom is 0.278 e. The van der Waals surface area contributed by atoms with Crippen molar-refractivity contribution in [3.05, 3.63) is 98.5 Å². The van der Waals surface area contributed by atoms with E-state index in [4.69, 9.17) is 4.74 Å². The number of rotatable bonds is 7. The number of nitrogens with zero attached hydrogens (tertiary/aromatic N) is 3. The van der Waals surface area contributed by atoms with Gasteiger partial charge < -0.3 is 15.0 Å². The molecule has 5 rings (SSSR count). The summed E-state index contributed by atoms with van der Waals surface area (Å²) in [4.78, 5) is 42.5. The van der Waals surface area contributed by atoms with Gasteiger partial charge >= 0.3 is 0 Å². The Morgan fingerprint density at radius 1 is 1.16 bits per heavy atom. The SMILES string of the molecule is CC(C)N1CN2CC(S)c3c(C(=O)NCc4ccc(F)cc4F)c(=O)c(OCc4ccccc4)c(n32)C1=O. The van der Waals surface area contributed by atoms with E-state index in [9.17, 15) is 23.2 Å². The summed E-state index contributed by atoms with van der Waals surface area (Å²) in [5, 5.41) is 3.85. The number of hydrogen-bond acceptors (Lipinski definition) is 6. The predicted octanol–water partition coefficient (Wildman–Crippen LogP) is 3.38. The Morgan fingerprint density at radius 3 is 2.58 bits per heavy atom. The smallest absolute Gasteiger partial charge is 0.278 e. The number of amides is 2. The van der Waals surface area contributed by atoms with Crippen molar-refractivity contribution in [2.24, 2.45) is 0 Å². The highest BCUT2D eigenvalue weighted by Crippen LogP contribution is 2.37. The van der Waals surface area contributed by atoms with Crippen LogP contribution in [-0.4, -0.2) is 40.6 Å². The highest BCUT2D eigenvalue weighted by molar-refractivity contribution is 7.80. The largest absolute Gasteiger partial charge is 0.482 e. The molecular weight excluding hydrogens is 514 g/mol. The average molecular weight is 541 g/mol. The third-order valence-corrected chi connectivity index (χ3v) is 7.04. The van der Waals surface area contributed by atoms with Crippen molar-refractivity contribution in [1.82, 2.24) is 14.9 Å². The monoisotopic (exact) mass is 540 g/mol. The topological polar surface area (TPSA) is 83.9 Å². The lowest BCUT2D eigenvalue weighted by molar-refractivity contribution is 0.0633. The number of aromatic nitrogens is 1. The minimum Gasteiger partial charge on any atom is -0.482 e. The van der Waals surface area contributed by atoms with E-state index < -0.39 is 28.2 Å². The summed E-state index contributed by atoms with van der Waals surface area (Å²) < 4.78 is 35.0. The highest BCUT2D eigenvalue weighted by atomic mass is 32.1. The van der Waals surface area contributed by atoms with E-state index >= 15 is 0 Å². The number of carbonyl (C=O) groups is 2. The van der Waals surface area contributed by atoms with Crippen LogP contribution in [0.5, 0.6) is 5.75 Å². The Balaban J connectivity index is 1.60. The molecule has 198 valence electrons. The molecule has 1 N–H and O–H groups in total. The fourth-order valence-corrected chi connectivity index (χ4v) is 5.15. The van der Waals surface area contributed by atoms with E-state index in [0.717, 1.165) is 17.7 Å². The number of benzene rings is 2. The molecule has 38 heavy (non-hydrogen) atoms. The van der Waals surface area contributed by atoms with Crippen LogP contribution in [0.15, 0.2) is 53.3 Å². The molecule has 2 aromatic carbocycles. The summed E-state index contributed by atoms with van der Waals surface area (Å²) in [6.45, 7) is 4.08. The first-order valence-corrected chi connectivity index (χ1v) is 12.6. The first-order chi connectivity index (χ1) is 18.2. The Labute approximate surface area is 223 Å². The molecule has 0 saturated heterocycles. The van der Waals surface area contributed by atoms with Gasteiger partial charge in [-0.25, -0.2) is 13.5 Å². The first-order valence-electron chi connectivity index (χ1n) is 12.1. The van der Waals surface area contributed by atoms with Crippen LogP contribution in [0.2, 0.25) is 0 Å². The van der Waals surface area contributed by atoms with E-state index in [-0.39, 0.29) is 60.0 Å². The molecule has 2 amide bonds. The standard InChI is InChI=1S/C27H26F2N4O4S/c1-15(2)32-14-31-12-20(38)22-21(26(35)30-11-17-8-9-18(28)10-19(17)29)24(34)25(23(27(32)36)33(22)31)37-13-16-6-4-3-5-7-16/h3-10,15,20,38H,11-14H2,1-2H3,(H,30,35). The molecule has 0 bridgehead atoms. The number of thiol groups is 1. The maximum atomic E-state index is 14.2. The van der Waals surface area contributed by atoms with Gasteiger partial charge in [-0.05, 0) is 25.5 Å². The molecule has 3 heterocycles. The van der Waals surface area contributed by atoms with Gasteiger partial charge in [0.25, 0.3) is 11.8 Å². The van der Waals surface area contributed by atoms with Crippen LogP contribution in [0.1, 0.15) is 56.8 Å². The minimum atomic E-state index is -0.818. The highest BCUT2D eigenvalue weighted by Gasteiger charge is 2.44. The summed E-state index contributed by atoms with van der Waals surface area (Å²) in [5.74, 6) is -2.95. The van der Waals surface area contributed by atoms with E-state index in [1.165, 1.54) is 6.07 Å². The summed E-state index contributed by atoms with van der Waals surface area (Å²) in [5.41, 5.74) is 0.163. The van der Waals surface area contributed by atoms with Crippen molar-refractivity contribution in [2.75, 3.05) is 18.2 Å². The quantitative estimate of drug-likeness (QED) is 0.449. The molecule has 0 radical (unpaired) electrons. The van der Waals surface area contributed by atoms with Crippen molar-refractivity contribution in [1.29, 1.82) is 0 Å². The molecule has 1 aromatic heterocycles. The van der Waals surface area contributed by atoms with Gasteiger partial charge in [-0.1, -0.05) is 36.4 Å². The molecule has 2 aliphatic rings. The lowest BCUT2D eigenvalue weighted by atomic mass is 10.1. The number of carbonyl (C=O) groups excluding carboxylic acids is 2. The van der Waals surface area contributed by atoms with Crippen molar-refractivity contribution in [2.45, 2.75) is 38.3 Å². The first kappa shape index (κ1) is 25.8. The molecule has 0 spiro atoms. The van der Waals surface area contributed by atoms with E-state index in [2.05, 4.69) is 17.9 Å². The molecule has 0 saturated carbocycles. The molecule has 2 aliphatic heterocycles. The van der Waals surface area contributed by atoms with Crippen LogP contribution in [0, 0.1) is 11.6 Å². The normalized spacial score (nSPS) is 16.2. The Kier molecular flexibility index (Phi) is 6.87. The number of hydrogen-bond donors (Lipinski definition) is 2. The van der Waals surface area contributed by atoms with Gasteiger partial charge in [0.2, 0.25) is 5.43 Å². The molecule has 11 heteroatoms. The molecule has 0 aliphatic carbocycles. The van der Waals surface area contributed by atoms with E-state index in [1.54, 1.807) is 9.58 Å². The third kappa shape index (κ3) is 4.51. The number of ether oxygens (including phenoxy) is 1. The molecule has 8 nitrogen and oxygen atoms in total. The van der Waals surface area contributed by atoms with Gasteiger partial charge in [0.05, 0.1) is 17.5 Å². The van der Waals surface area contributed by atoms with Gasteiger partial charge in [0, 0.05) is 24.2 Å². The zero-order chi connectivity index (χ0) is 27.1. The van der Waals surface area contributed by atoms with Crippen LogP contribution in [0.4, 0.5) is 8.78 Å². The molecular formula is C27H26F2N4O4S. The van der Waals surface area contributed by atoms with Crippen molar-refractivity contribution < 1.29 is 23.1 Å². The van der Waals surface area contributed by atoms with E-state index in [1.807, 2.05) is 49.2 Å². The Hall–Kier alpha value is -3.86. The lowest BCUT2D eigenvalue weighted by Crippen LogP contribution is -2.55. The van der Waals surface area contributed by atoms with Gasteiger partial charge in [-0.3, -0.25) is 19.4 Å². The van der Waals surface area contributed by atoms with Crippen LogP contribution in [0.3, 0.4) is 0 Å². The van der Waals surface area contributed by atoms with Gasteiger partial charge in [-0.15, -0.1) is 0 Å². The van der Waals surface area contributed by atoms with Crippen LogP contribution in [-0.2, 0) is 13.2 Å². The van der Waals surface area contributed by atoms with Gasteiger partial charge in [0.1, 0.15) is 30.5 Å². The molecule has 3 aromatic rings. The van der Waals surface area contributed by atoms with Crippen LogP contribution in [0.25, 0.3) is 0 Å². The second-order valence-corrected chi connectivity index (χ2v) is 10.1. The number of halogens is 2. The zero-order valence-electron chi connectivity index (χ0n) is 20.8. The fourth-order valence-electron chi connectivity index (χ4n) is 4.72. The summed E-state index contributed by atoms with van der Waals surface area (Å²) in [7, 11) is 0. The summed E-state index contributed by atoms with van der Waals surface area (Å²) in [6, 6.07) is 12.0. The third-order valence-electron chi connectivity index (χ3n) is 6.64. The molecule has 1 atom stereocenters. The number of nitrogens with one attached hydrogen (secondary N) is 1. The second-order valence-electron chi connectivity index (χ2n) is 9.49. The number of pyridine rings is 1. The predicted molar refractivity (Wildman–Crippen MR) is 140 cm³/mol. The Morgan fingerprint density at radius 2 is 1.89 bits per heavy atom. The maximum absolute atomic E-state index is 14.2. The minimum absolute atomic E-state index is 0.00351. The summed E-state index contributed by atoms with van der Waals surface area (Å²) in [6.07, 6.45) is 0. The van der Waals surface area contributed by atoms with E-state index in [0.29, 0.717) is 6.54 Å². The van der Waals surface area contributed by atoms with Crippen molar-refractivity contribution in [3.8, 4) is 5.75 Å². The van der Waals surface area contributed by atoms with Gasteiger partial charge in [0.15, 0.2) is 11.4 Å². The summed E-state index contributed by atoms with van der Waals surface area (Å²) >= 11 is 4.64. The van der Waals surface area contributed by atoms with Gasteiger partial charge in [-0.2, -0.15) is 12.6 Å². The lowest BCUT2D eigenvalue weighted by Gasteiger charge is -2.39. The average Bonchev–Trinajstić information content (AvgIpc) is 3.20. The van der Waals surface area contributed by atoms with Crippen LogP contribution < -0.4 is 20.5 Å². The van der Waals surface area contributed by atoms with Crippen molar-refractivity contribution >= 4 is 24.4 Å². The molecule has 0 fully saturated rings. The van der Waals surface area contributed by atoms with Crippen molar-refractivity contribution in [3.63, 3.8) is 0 Å². The Bertz CT molecular complexity index is 1480. The fraction of sp³-hybridized carbons (Fsp3) is 0.296. The van der Waals surface area contributed by atoms with Crippen LogP contribution >= 0.6 is 12.6 Å².